The van der Waals surface area contributed by atoms with E-state index < -0.39 is 0 Å². The average Bonchev–Trinajstić information content (AvgIpc) is 3.82. The van der Waals surface area contributed by atoms with Gasteiger partial charge in [0.05, 0.1) is 54.0 Å². The van der Waals surface area contributed by atoms with Crippen molar-refractivity contribution in [1.82, 2.24) is 0 Å². The Hall–Kier alpha value is -7.51. The molecule has 0 radical (unpaired) electrons. The normalized spacial score (nSPS) is 11.9. The first-order valence-corrected chi connectivity index (χ1v) is 26.0. The molecule has 0 heterocycles. The number of esters is 1. The van der Waals surface area contributed by atoms with E-state index in [0.29, 0.717) is 72.5 Å². The minimum absolute atomic E-state index is 0. The van der Waals surface area contributed by atoms with Gasteiger partial charge in [-0.15, -0.1) is 0 Å². The lowest BCUT2D eigenvalue weighted by atomic mass is 9.96. The number of hydrogen-bond donors (Lipinski definition) is 1. The maximum Gasteiger partial charge on any atom is 0.305 e. The standard InChI is InChI=1S/C39H43NO6.C23H32N2O4.2CH4/c1-5-27(39(42)40(28-19-21-29(43-2)22-20-28)36-24-23-30(44-3)25-37(36)45-4)13-7-6-8-18-38(41)46-26-35-33-16-11-9-14-31(33)32-15-10-12-17-34(32)35;1-5-17(8-6-7-15-24)23(26)25(18-9-11-19(27-2)12-10-18)21-14-13-20(28-3)16-22(21)29-4;;/h9-12,14-17,19-25,27,35H,5-8,13,18,26H2,1-4H3;9-14,16-17H,5-8,15,24H2,1-4H3;2*1H4. The van der Waals surface area contributed by atoms with E-state index in [1.807, 2.05) is 111 Å². The summed E-state index contributed by atoms with van der Waals surface area (Å²) < 4.78 is 38.3. The zero-order valence-corrected chi connectivity index (χ0v) is 45.0. The van der Waals surface area contributed by atoms with Gasteiger partial charge in [0.1, 0.15) is 41.1 Å². The van der Waals surface area contributed by atoms with Crippen LogP contribution in [-0.2, 0) is 19.1 Å². The zero-order valence-electron chi connectivity index (χ0n) is 45.0. The third-order valence-corrected chi connectivity index (χ3v) is 13.9. The minimum atomic E-state index is -0.205. The molecule has 2 unspecified atom stereocenters. The van der Waals surface area contributed by atoms with Gasteiger partial charge in [-0.05, 0) is 140 Å². The van der Waals surface area contributed by atoms with Crippen LogP contribution in [0.25, 0.3) is 11.1 Å². The van der Waals surface area contributed by atoms with Crippen molar-refractivity contribution in [3.05, 3.63) is 145 Å². The van der Waals surface area contributed by atoms with Crippen LogP contribution in [0.5, 0.6) is 34.5 Å². The van der Waals surface area contributed by atoms with E-state index in [4.69, 9.17) is 38.9 Å². The number of benzene rings is 6. The molecule has 0 bridgehead atoms. The molecule has 7 rings (SSSR count). The van der Waals surface area contributed by atoms with Crippen molar-refractivity contribution in [1.29, 1.82) is 0 Å². The molecule has 2 amide bonds. The quantitative estimate of drug-likeness (QED) is 0.0409. The number of amides is 2. The summed E-state index contributed by atoms with van der Waals surface area (Å²) in [6.45, 7) is 5.06. The van der Waals surface area contributed by atoms with E-state index in [1.165, 1.54) is 22.3 Å². The smallest absolute Gasteiger partial charge is 0.305 e. The molecule has 0 aromatic heterocycles. The molecule has 77 heavy (non-hydrogen) atoms. The number of hydrogen-bond acceptors (Lipinski definition) is 11. The third kappa shape index (κ3) is 15.8. The van der Waals surface area contributed by atoms with Gasteiger partial charge >= 0.3 is 5.97 Å². The lowest BCUT2D eigenvalue weighted by Gasteiger charge is -2.29. The fourth-order valence-electron chi connectivity index (χ4n) is 9.60. The number of carbonyl (C=O) groups is 3. The van der Waals surface area contributed by atoms with Crippen LogP contribution in [0.3, 0.4) is 0 Å². The molecule has 6 aromatic carbocycles. The van der Waals surface area contributed by atoms with Gasteiger partial charge in [-0.25, -0.2) is 0 Å². The second-order valence-electron chi connectivity index (χ2n) is 18.3. The van der Waals surface area contributed by atoms with Crippen LogP contribution < -0.4 is 44.0 Å². The number of nitrogens with two attached hydrogens (primary N) is 1. The zero-order chi connectivity index (χ0) is 53.7. The van der Waals surface area contributed by atoms with Crippen LogP contribution in [0.4, 0.5) is 22.7 Å². The van der Waals surface area contributed by atoms with Crippen LogP contribution in [0.1, 0.15) is 110 Å². The molecular formula is C64H83N3O10. The second kappa shape index (κ2) is 31.5. The maximum atomic E-state index is 14.1. The number of methoxy groups -OCH3 is 6. The summed E-state index contributed by atoms with van der Waals surface area (Å²) in [4.78, 5) is 44.0. The third-order valence-electron chi connectivity index (χ3n) is 13.9. The molecule has 414 valence electrons. The molecule has 13 heteroatoms. The molecule has 0 saturated carbocycles. The van der Waals surface area contributed by atoms with Gasteiger partial charge < -0.3 is 38.9 Å². The molecule has 0 spiro atoms. The molecule has 0 fully saturated rings. The highest BCUT2D eigenvalue weighted by Gasteiger charge is 2.31. The topological polar surface area (TPSA) is 148 Å². The van der Waals surface area contributed by atoms with E-state index >= 15 is 0 Å². The fraction of sp³-hybridized carbons (Fsp3) is 0.391. The molecular weight excluding hydrogens is 971 g/mol. The lowest BCUT2D eigenvalue weighted by Crippen LogP contribution is -2.32. The van der Waals surface area contributed by atoms with Gasteiger partial charge in [0.2, 0.25) is 11.8 Å². The first-order chi connectivity index (χ1) is 36.6. The summed E-state index contributed by atoms with van der Waals surface area (Å²) in [6, 6.07) is 42.5. The van der Waals surface area contributed by atoms with Crippen molar-refractivity contribution in [2.24, 2.45) is 17.6 Å². The van der Waals surface area contributed by atoms with Crippen molar-refractivity contribution in [3.8, 4) is 45.6 Å². The molecule has 2 atom stereocenters. The Bertz CT molecular complexity index is 2720. The van der Waals surface area contributed by atoms with Crippen LogP contribution in [0.15, 0.2) is 133 Å². The van der Waals surface area contributed by atoms with Gasteiger partial charge in [0.25, 0.3) is 0 Å². The van der Waals surface area contributed by atoms with Gasteiger partial charge in [-0.2, -0.15) is 0 Å². The van der Waals surface area contributed by atoms with Crippen molar-refractivity contribution in [3.63, 3.8) is 0 Å². The van der Waals surface area contributed by atoms with E-state index in [1.54, 1.807) is 64.6 Å². The number of ether oxygens (including phenoxy) is 7. The first kappa shape index (κ1) is 62.0. The number of nitrogens with zero attached hydrogens (tertiary/aromatic N) is 2. The number of unbranched alkanes of at least 4 members (excludes halogenated alkanes) is 3. The van der Waals surface area contributed by atoms with Crippen molar-refractivity contribution in [2.45, 2.75) is 98.8 Å². The monoisotopic (exact) mass is 1050 g/mol. The van der Waals surface area contributed by atoms with E-state index in [9.17, 15) is 14.4 Å². The van der Waals surface area contributed by atoms with Gasteiger partial charge in [0, 0.05) is 47.7 Å². The number of fused-ring (bicyclic) bond motifs is 3. The number of rotatable bonds is 26. The highest BCUT2D eigenvalue weighted by atomic mass is 16.5. The Balaban J connectivity index is 0.000000358. The van der Waals surface area contributed by atoms with Gasteiger partial charge in [0.15, 0.2) is 0 Å². The largest absolute Gasteiger partial charge is 0.497 e. The molecule has 13 nitrogen and oxygen atoms in total. The number of carbonyl (C=O) groups excluding carboxylic acids is 3. The van der Waals surface area contributed by atoms with Crippen LogP contribution >= 0.6 is 0 Å². The molecule has 1 aliphatic carbocycles. The Morgan fingerprint density at radius 2 is 0.896 bits per heavy atom. The molecule has 1 aliphatic rings. The van der Waals surface area contributed by atoms with E-state index in [0.717, 1.165) is 62.1 Å². The van der Waals surface area contributed by atoms with Crippen LogP contribution in [0, 0.1) is 11.8 Å². The maximum absolute atomic E-state index is 14.1. The van der Waals surface area contributed by atoms with E-state index in [2.05, 4.69) is 24.3 Å². The summed E-state index contributed by atoms with van der Waals surface area (Å²) in [6.07, 6.45) is 7.56. The summed E-state index contributed by atoms with van der Waals surface area (Å²) in [7, 11) is 9.61. The second-order valence-corrected chi connectivity index (χ2v) is 18.3. The Morgan fingerprint density at radius 1 is 0.494 bits per heavy atom. The predicted molar refractivity (Wildman–Crippen MR) is 311 cm³/mol. The summed E-state index contributed by atoms with van der Waals surface area (Å²) >= 11 is 0. The Labute approximate surface area is 458 Å². The predicted octanol–water partition coefficient (Wildman–Crippen LogP) is 14.5. The summed E-state index contributed by atoms with van der Waals surface area (Å²) in [5.74, 6) is 3.48. The molecule has 2 N–H and O–H groups in total. The highest BCUT2D eigenvalue weighted by Crippen LogP contribution is 2.45. The van der Waals surface area contributed by atoms with Crippen LogP contribution in [0.2, 0.25) is 0 Å². The molecule has 0 saturated heterocycles. The minimum Gasteiger partial charge on any atom is -0.497 e. The van der Waals surface area contributed by atoms with Crippen molar-refractivity contribution >= 4 is 40.5 Å². The number of anilines is 4. The van der Waals surface area contributed by atoms with Gasteiger partial charge in [-0.1, -0.05) is 96.5 Å². The van der Waals surface area contributed by atoms with Crippen molar-refractivity contribution in [2.75, 3.05) is 65.6 Å². The Morgan fingerprint density at radius 3 is 1.29 bits per heavy atom. The van der Waals surface area contributed by atoms with Crippen molar-refractivity contribution < 1.29 is 47.5 Å². The van der Waals surface area contributed by atoms with Crippen LogP contribution in [-0.4, -0.2) is 73.6 Å². The molecule has 0 aliphatic heterocycles. The summed E-state index contributed by atoms with van der Waals surface area (Å²) in [5, 5.41) is 0. The average molecular weight is 1050 g/mol. The Kier molecular flexibility index (Phi) is 25.4. The highest BCUT2D eigenvalue weighted by molar-refractivity contribution is 6.04. The summed E-state index contributed by atoms with van der Waals surface area (Å²) in [5.41, 5.74) is 13.3. The first-order valence-electron chi connectivity index (χ1n) is 26.0. The lowest BCUT2D eigenvalue weighted by molar-refractivity contribution is -0.144. The SMILES string of the molecule is C.C.CCC(CCCCCC(=O)OCC1c2ccccc2-c2ccccc21)C(=O)N(c1ccc(OC)cc1)c1ccc(OC)cc1OC.CCC(CCCCN)C(=O)N(c1ccc(OC)cc1)c1ccc(OC)cc1OC. The van der Waals surface area contributed by atoms with Gasteiger partial charge in [-0.3, -0.25) is 24.2 Å². The fourth-order valence-corrected chi connectivity index (χ4v) is 9.60. The van der Waals surface area contributed by atoms with E-state index in [-0.39, 0.29) is 50.4 Å². The molecule has 6 aromatic rings.